The first-order valence-electron chi connectivity index (χ1n) is 4.40. The van der Waals surface area contributed by atoms with Crippen molar-refractivity contribution in [3.63, 3.8) is 0 Å². The lowest BCUT2D eigenvalue weighted by molar-refractivity contribution is 1.20. The number of pyridine rings is 1. The molecule has 0 bridgehead atoms. The summed E-state index contributed by atoms with van der Waals surface area (Å²) in [5.74, 6) is 0. The van der Waals surface area contributed by atoms with E-state index < -0.39 is 0 Å². The number of nitrogens with zero attached hydrogens (tertiary/aromatic N) is 4. The minimum Gasteiger partial charge on any atom is -0.265 e. The summed E-state index contributed by atoms with van der Waals surface area (Å²) < 4.78 is 1.00. The van der Waals surface area contributed by atoms with Crippen molar-refractivity contribution in [3.05, 3.63) is 37.1 Å². The van der Waals surface area contributed by atoms with E-state index in [1.54, 1.807) is 29.9 Å². The second-order valence-corrected chi connectivity index (χ2v) is 4.00. The molecule has 0 radical (unpaired) electrons. The largest absolute Gasteiger partial charge is 0.265 e. The van der Waals surface area contributed by atoms with E-state index in [4.69, 9.17) is 0 Å². The molecule has 5 heteroatoms. The zero-order chi connectivity index (χ0) is 10.1. The molecular weight excluding hydrogens is 208 g/mol. The van der Waals surface area contributed by atoms with E-state index in [0.717, 1.165) is 20.9 Å². The molecule has 0 aliphatic heterocycles. The molecule has 0 fully saturated rings. The van der Waals surface area contributed by atoms with Crippen LogP contribution in [-0.2, 0) is 0 Å². The van der Waals surface area contributed by atoms with Crippen molar-refractivity contribution in [1.29, 1.82) is 0 Å². The first-order chi connectivity index (χ1) is 7.43. The summed E-state index contributed by atoms with van der Waals surface area (Å²) in [7, 11) is 0. The van der Waals surface area contributed by atoms with Crippen LogP contribution in [0.3, 0.4) is 0 Å². The lowest BCUT2D eigenvalue weighted by Crippen LogP contribution is -1.78. The van der Waals surface area contributed by atoms with Crippen LogP contribution in [0.15, 0.2) is 37.1 Å². The van der Waals surface area contributed by atoms with Crippen molar-refractivity contribution < 1.29 is 0 Å². The average molecular weight is 214 g/mol. The molecule has 0 aliphatic carbocycles. The third-order valence-electron chi connectivity index (χ3n) is 2.00. The molecule has 72 valence electrons. The van der Waals surface area contributed by atoms with Crippen LogP contribution in [-0.4, -0.2) is 19.9 Å². The van der Waals surface area contributed by atoms with Gasteiger partial charge in [0.2, 0.25) is 0 Å². The van der Waals surface area contributed by atoms with Crippen LogP contribution in [0.2, 0.25) is 0 Å². The Morgan fingerprint density at radius 1 is 1.07 bits per heavy atom. The normalized spacial score (nSPS) is 10.7. The van der Waals surface area contributed by atoms with Gasteiger partial charge in [0, 0.05) is 24.2 Å². The first kappa shape index (κ1) is 8.43. The molecule has 3 aromatic heterocycles. The van der Waals surface area contributed by atoms with Gasteiger partial charge in [-0.2, -0.15) is 0 Å². The number of hydrogen-bond acceptors (Lipinski definition) is 5. The Morgan fingerprint density at radius 2 is 1.93 bits per heavy atom. The van der Waals surface area contributed by atoms with Crippen molar-refractivity contribution in [1.82, 2.24) is 19.9 Å². The zero-order valence-electron chi connectivity index (χ0n) is 7.66. The quantitative estimate of drug-likeness (QED) is 0.622. The number of hydrogen-bond donors (Lipinski definition) is 0. The van der Waals surface area contributed by atoms with Gasteiger partial charge in [-0.05, 0) is 12.1 Å². The van der Waals surface area contributed by atoms with Gasteiger partial charge < -0.3 is 0 Å². The van der Waals surface area contributed by atoms with E-state index in [1.807, 2.05) is 12.1 Å². The predicted molar refractivity (Wildman–Crippen MR) is 58.4 cm³/mol. The molecule has 0 atom stereocenters. The molecule has 0 aromatic carbocycles. The Bertz CT molecular complexity index is 557. The van der Waals surface area contributed by atoms with Crippen LogP contribution in [0.4, 0.5) is 0 Å². The summed E-state index contributed by atoms with van der Waals surface area (Å²) in [6.07, 6.45) is 6.81. The lowest BCUT2D eigenvalue weighted by Gasteiger charge is -1.91. The molecule has 0 N–H and O–H groups in total. The summed E-state index contributed by atoms with van der Waals surface area (Å²) >= 11 is 1.59. The van der Waals surface area contributed by atoms with E-state index in [-0.39, 0.29) is 0 Å². The summed E-state index contributed by atoms with van der Waals surface area (Å²) in [6, 6.07) is 3.87. The molecule has 0 spiro atoms. The van der Waals surface area contributed by atoms with Crippen molar-refractivity contribution in [2.45, 2.75) is 0 Å². The number of fused-ring (bicyclic) bond motifs is 1. The van der Waals surface area contributed by atoms with E-state index >= 15 is 0 Å². The van der Waals surface area contributed by atoms with Crippen LogP contribution >= 0.6 is 11.3 Å². The molecule has 0 unspecified atom stereocenters. The van der Waals surface area contributed by atoms with Crippen LogP contribution in [0, 0.1) is 0 Å². The summed E-state index contributed by atoms with van der Waals surface area (Å²) in [6.45, 7) is 0. The monoisotopic (exact) mass is 214 g/mol. The van der Waals surface area contributed by atoms with Gasteiger partial charge in [0.25, 0.3) is 0 Å². The maximum absolute atomic E-state index is 4.42. The van der Waals surface area contributed by atoms with Crippen LogP contribution in [0.1, 0.15) is 0 Å². The van der Waals surface area contributed by atoms with Gasteiger partial charge >= 0.3 is 0 Å². The van der Waals surface area contributed by atoms with Gasteiger partial charge in [0.05, 0.1) is 4.70 Å². The SMILES string of the molecule is c1cc(-c2nc3ncncc3s2)ccn1. The summed E-state index contributed by atoms with van der Waals surface area (Å²) in [5.41, 5.74) is 1.81. The minimum absolute atomic E-state index is 0.752. The van der Waals surface area contributed by atoms with Crippen LogP contribution in [0.5, 0.6) is 0 Å². The maximum atomic E-state index is 4.42. The number of thiazole rings is 1. The average Bonchev–Trinajstić information content (AvgIpc) is 2.74. The van der Waals surface area contributed by atoms with E-state index in [1.165, 1.54) is 6.33 Å². The Morgan fingerprint density at radius 3 is 2.73 bits per heavy atom. The fourth-order valence-electron chi connectivity index (χ4n) is 1.31. The smallest absolute Gasteiger partial charge is 0.174 e. The van der Waals surface area contributed by atoms with Gasteiger partial charge in [-0.25, -0.2) is 15.0 Å². The standard InChI is InChI=1S/C10H6N4S/c1-3-11-4-2-7(1)10-14-9-8(15-10)5-12-6-13-9/h1-6H. The van der Waals surface area contributed by atoms with Crippen LogP contribution < -0.4 is 0 Å². The maximum Gasteiger partial charge on any atom is 0.174 e. The van der Waals surface area contributed by atoms with Crippen molar-refractivity contribution >= 4 is 21.7 Å². The predicted octanol–water partition coefficient (Wildman–Crippen LogP) is 2.15. The fourth-order valence-corrected chi connectivity index (χ4v) is 2.21. The van der Waals surface area contributed by atoms with Crippen molar-refractivity contribution in [2.75, 3.05) is 0 Å². The molecule has 0 saturated carbocycles. The Labute approximate surface area is 89.7 Å². The van der Waals surface area contributed by atoms with Crippen LogP contribution in [0.25, 0.3) is 20.9 Å². The second-order valence-electron chi connectivity index (χ2n) is 2.97. The van der Waals surface area contributed by atoms with Crippen molar-refractivity contribution in [2.24, 2.45) is 0 Å². The third-order valence-corrected chi connectivity index (χ3v) is 3.03. The fraction of sp³-hybridized carbons (Fsp3) is 0. The van der Waals surface area contributed by atoms with Gasteiger partial charge in [-0.15, -0.1) is 11.3 Å². The molecule has 3 rings (SSSR count). The Kier molecular flexibility index (Phi) is 1.89. The summed E-state index contributed by atoms with van der Waals surface area (Å²) in [5, 5.41) is 0.952. The highest BCUT2D eigenvalue weighted by atomic mass is 32.1. The molecule has 3 aromatic rings. The summed E-state index contributed by atoms with van der Waals surface area (Å²) in [4.78, 5) is 16.5. The minimum atomic E-state index is 0.752. The molecule has 0 aliphatic rings. The van der Waals surface area contributed by atoms with Crippen molar-refractivity contribution in [3.8, 4) is 10.6 Å². The number of rotatable bonds is 1. The van der Waals surface area contributed by atoms with Gasteiger partial charge in [-0.3, -0.25) is 4.98 Å². The highest BCUT2D eigenvalue weighted by Crippen LogP contribution is 2.27. The van der Waals surface area contributed by atoms with Gasteiger partial charge in [0.1, 0.15) is 11.3 Å². The molecule has 3 heterocycles. The molecule has 4 nitrogen and oxygen atoms in total. The topological polar surface area (TPSA) is 51.6 Å². The third kappa shape index (κ3) is 1.46. The molecule has 15 heavy (non-hydrogen) atoms. The first-order valence-corrected chi connectivity index (χ1v) is 5.22. The molecular formula is C10H6N4S. The van der Waals surface area contributed by atoms with E-state index in [0.29, 0.717) is 0 Å². The van der Waals surface area contributed by atoms with E-state index in [9.17, 15) is 0 Å². The lowest BCUT2D eigenvalue weighted by atomic mass is 10.3. The van der Waals surface area contributed by atoms with E-state index in [2.05, 4.69) is 19.9 Å². The highest BCUT2D eigenvalue weighted by molar-refractivity contribution is 7.21. The molecule has 0 saturated heterocycles. The number of aromatic nitrogens is 4. The second kappa shape index (κ2) is 3.36. The van der Waals surface area contributed by atoms with Gasteiger partial charge in [0.15, 0.2) is 5.65 Å². The molecule has 0 amide bonds. The Hall–Kier alpha value is -1.88. The highest BCUT2D eigenvalue weighted by Gasteiger charge is 2.05. The zero-order valence-corrected chi connectivity index (χ0v) is 8.48. The van der Waals surface area contributed by atoms with Gasteiger partial charge in [-0.1, -0.05) is 0 Å². The Balaban J connectivity index is 2.21.